The highest BCUT2D eigenvalue weighted by molar-refractivity contribution is 5.89. The molecule has 0 heterocycles. The summed E-state index contributed by atoms with van der Waals surface area (Å²) in [5, 5.41) is 11.5. The molecule has 4 fully saturated rings. The molecule has 0 unspecified atom stereocenters. The first-order valence-corrected chi connectivity index (χ1v) is 14.1. The van der Waals surface area contributed by atoms with Gasteiger partial charge in [-0.2, -0.15) is 0 Å². The van der Waals surface area contributed by atoms with E-state index >= 15 is 0 Å². The van der Waals surface area contributed by atoms with Crippen LogP contribution in [0.5, 0.6) is 0 Å². The summed E-state index contributed by atoms with van der Waals surface area (Å²) in [5.41, 5.74) is 0.828. The summed E-state index contributed by atoms with van der Waals surface area (Å²) in [6.45, 7) is 8.86. The topological polar surface area (TPSA) is 63.6 Å². The number of carbonyl (C=O) groups excluding carboxylic acids is 2. The van der Waals surface area contributed by atoms with Gasteiger partial charge in [-0.15, -0.1) is 0 Å². The molecular formula is C32H42O4. The third-order valence-corrected chi connectivity index (χ3v) is 11.1. The lowest BCUT2D eigenvalue weighted by molar-refractivity contribution is -0.144. The number of benzene rings is 1. The van der Waals surface area contributed by atoms with Crippen molar-refractivity contribution in [2.24, 2.45) is 40.4 Å². The van der Waals surface area contributed by atoms with Crippen LogP contribution >= 0.6 is 0 Å². The maximum absolute atomic E-state index is 12.4. The van der Waals surface area contributed by atoms with Crippen LogP contribution in [0.3, 0.4) is 0 Å². The molecule has 4 nitrogen and oxygen atoms in total. The van der Waals surface area contributed by atoms with E-state index in [1.807, 2.05) is 12.1 Å². The van der Waals surface area contributed by atoms with Gasteiger partial charge in [0, 0.05) is 11.5 Å². The molecule has 0 radical (unpaired) electrons. The van der Waals surface area contributed by atoms with Crippen LogP contribution in [0.1, 0.15) is 101 Å². The van der Waals surface area contributed by atoms with E-state index < -0.39 is 5.60 Å². The van der Waals surface area contributed by atoms with Crippen molar-refractivity contribution in [2.75, 3.05) is 6.61 Å². The Hall–Kier alpha value is -2.12. The van der Waals surface area contributed by atoms with Crippen LogP contribution in [0.15, 0.2) is 24.3 Å². The zero-order chi connectivity index (χ0) is 25.7. The van der Waals surface area contributed by atoms with Gasteiger partial charge in [0.15, 0.2) is 0 Å². The minimum absolute atomic E-state index is 0.194. The van der Waals surface area contributed by atoms with Crippen LogP contribution < -0.4 is 0 Å². The molecule has 8 atom stereocenters. The minimum atomic E-state index is -0.951. The largest absolute Gasteiger partial charge is 0.462 e. The number of hydrogen-bond donors (Lipinski definition) is 1. The van der Waals surface area contributed by atoms with E-state index in [9.17, 15) is 14.7 Å². The van der Waals surface area contributed by atoms with E-state index in [2.05, 4.69) is 25.7 Å². The molecule has 4 aliphatic rings. The molecule has 0 aromatic heterocycles. The lowest BCUT2D eigenvalue weighted by Gasteiger charge is -2.61. The summed E-state index contributed by atoms with van der Waals surface area (Å²) in [5.74, 6) is 9.34. The number of rotatable bonds is 3. The molecule has 5 rings (SSSR count). The molecule has 0 aliphatic heterocycles. The molecule has 4 aliphatic carbocycles. The number of fused-ring (bicyclic) bond motifs is 5. The highest BCUT2D eigenvalue weighted by atomic mass is 16.5. The zero-order valence-corrected chi connectivity index (χ0v) is 22.4. The van der Waals surface area contributed by atoms with Crippen LogP contribution in [0, 0.1) is 52.3 Å². The Labute approximate surface area is 216 Å². The molecular weight excluding hydrogens is 448 g/mol. The van der Waals surface area contributed by atoms with Crippen molar-refractivity contribution in [1.29, 1.82) is 0 Å². The van der Waals surface area contributed by atoms with Gasteiger partial charge in [0.05, 0.1) is 12.2 Å². The predicted molar refractivity (Wildman–Crippen MR) is 140 cm³/mol. The van der Waals surface area contributed by atoms with E-state index in [0.717, 1.165) is 43.6 Å². The van der Waals surface area contributed by atoms with Crippen molar-refractivity contribution in [3.63, 3.8) is 0 Å². The molecule has 4 heteroatoms. The van der Waals surface area contributed by atoms with Gasteiger partial charge >= 0.3 is 5.97 Å². The smallest absolute Gasteiger partial charge is 0.338 e. The summed E-state index contributed by atoms with van der Waals surface area (Å²) in [6.07, 6.45) is 9.58. The SMILES string of the molecule is CCOC(=O)c1ccc(C#C[C@@]2(O)CC[C@@]3(C)[C@H](CC[C@@H]4[C@@H]3CC[C@]3(C)[C@@H](C(C)=O)CC[C@@H]43)C2)cc1. The summed E-state index contributed by atoms with van der Waals surface area (Å²) in [7, 11) is 0. The molecule has 1 N–H and O–H groups in total. The fourth-order valence-corrected chi connectivity index (χ4v) is 9.12. The summed E-state index contributed by atoms with van der Waals surface area (Å²) in [6, 6.07) is 7.13. The van der Waals surface area contributed by atoms with Gasteiger partial charge in [-0.3, -0.25) is 4.79 Å². The van der Waals surface area contributed by atoms with Crippen molar-refractivity contribution < 1.29 is 19.4 Å². The standard InChI is InChI=1S/C32H42O4/c1-5-36-29(34)23-8-6-22(7-9-23)14-17-32(35)19-18-30(3)24(20-32)10-11-25-27-13-12-26(21(2)33)31(27,4)16-15-28(25)30/h6-9,24-28,35H,5,10-13,15-16,18-20H2,1-4H3/t24-,25+,26-,27+,28+,30+,31-,32-/m1/s1. The quantitative estimate of drug-likeness (QED) is 0.405. The Morgan fingerprint density at radius 2 is 1.69 bits per heavy atom. The second-order valence-electron chi connectivity index (χ2n) is 12.7. The first kappa shape index (κ1) is 25.5. The number of ketones is 1. The molecule has 1 aromatic rings. The minimum Gasteiger partial charge on any atom is -0.462 e. The van der Waals surface area contributed by atoms with Crippen molar-refractivity contribution in [3.8, 4) is 11.8 Å². The van der Waals surface area contributed by atoms with Crippen LogP contribution in [0.25, 0.3) is 0 Å². The molecule has 0 spiro atoms. The Bertz CT molecular complexity index is 1080. The molecule has 0 saturated heterocycles. The third-order valence-electron chi connectivity index (χ3n) is 11.1. The molecule has 194 valence electrons. The molecule has 0 bridgehead atoms. The molecule has 4 saturated carbocycles. The average Bonchev–Trinajstić information content (AvgIpc) is 3.21. The Morgan fingerprint density at radius 3 is 2.39 bits per heavy atom. The lowest BCUT2D eigenvalue weighted by Crippen LogP contribution is -2.56. The molecule has 36 heavy (non-hydrogen) atoms. The van der Waals surface area contributed by atoms with E-state index in [1.54, 1.807) is 26.0 Å². The number of ether oxygens (including phenoxy) is 1. The van der Waals surface area contributed by atoms with Crippen LogP contribution in [0.2, 0.25) is 0 Å². The second-order valence-corrected chi connectivity index (χ2v) is 12.7. The Morgan fingerprint density at radius 1 is 0.972 bits per heavy atom. The maximum atomic E-state index is 12.4. The fourth-order valence-electron chi connectivity index (χ4n) is 9.12. The molecule has 0 amide bonds. The second kappa shape index (κ2) is 9.32. The third kappa shape index (κ3) is 4.22. The zero-order valence-electron chi connectivity index (χ0n) is 22.4. The number of hydrogen-bond acceptors (Lipinski definition) is 4. The normalized spacial score (nSPS) is 41.2. The predicted octanol–water partition coefficient (Wildman–Crippen LogP) is 6.19. The van der Waals surface area contributed by atoms with Gasteiger partial charge in [-0.25, -0.2) is 4.79 Å². The van der Waals surface area contributed by atoms with Gasteiger partial charge in [0.1, 0.15) is 11.4 Å². The number of esters is 1. The summed E-state index contributed by atoms with van der Waals surface area (Å²) >= 11 is 0. The van der Waals surface area contributed by atoms with Crippen LogP contribution in [-0.2, 0) is 9.53 Å². The monoisotopic (exact) mass is 490 g/mol. The first-order chi connectivity index (χ1) is 17.1. The van der Waals surface area contributed by atoms with Gasteiger partial charge in [0.2, 0.25) is 0 Å². The lowest BCUT2D eigenvalue weighted by atomic mass is 9.44. The van der Waals surface area contributed by atoms with Crippen LogP contribution in [0.4, 0.5) is 0 Å². The van der Waals surface area contributed by atoms with Gasteiger partial charge in [0.25, 0.3) is 0 Å². The maximum Gasteiger partial charge on any atom is 0.338 e. The van der Waals surface area contributed by atoms with E-state index in [1.165, 1.54) is 25.7 Å². The number of aliphatic hydroxyl groups is 1. The van der Waals surface area contributed by atoms with Crippen molar-refractivity contribution in [1.82, 2.24) is 0 Å². The van der Waals surface area contributed by atoms with Crippen molar-refractivity contribution in [3.05, 3.63) is 35.4 Å². The first-order valence-electron chi connectivity index (χ1n) is 14.1. The Kier molecular flexibility index (Phi) is 6.61. The van der Waals surface area contributed by atoms with E-state index in [0.29, 0.717) is 35.7 Å². The number of Topliss-reactive ketones (excluding diaryl/α,β-unsaturated/α-hetero) is 1. The Balaban J connectivity index is 1.29. The highest BCUT2D eigenvalue weighted by Crippen LogP contribution is 2.68. The van der Waals surface area contributed by atoms with Gasteiger partial charge < -0.3 is 9.84 Å². The van der Waals surface area contributed by atoms with Gasteiger partial charge in [-0.05, 0) is 130 Å². The van der Waals surface area contributed by atoms with Crippen LogP contribution in [-0.4, -0.2) is 29.1 Å². The number of carbonyl (C=O) groups is 2. The van der Waals surface area contributed by atoms with Crippen molar-refractivity contribution in [2.45, 2.75) is 91.1 Å². The summed E-state index contributed by atoms with van der Waals surface area (Å²) in [4.78, 5) is 24.3. The highest BCUT2D eigenvalue weighted by Gasteiger charge is 2.61. The molecule has 1 aromatic carbocycles. The van der Waals surface area contributed by atoms with E-state index in [4.69, 9.17) is 4.74 Å². The fraction of sp³-hybridized carbons (Fsp3) is 0.688. The van der Waals surface area contributed by atoms with Crippen molar-refractivity contribution >= 4 is 11.8 Å². The average molecular weight is 491 g/mol. The van der Waals surface area contributed by atoms with E-state index in [-0.39, 0.29) is 22.7 Å². The van der Waals surface area contributed by atoms with Gasteiger partial charge in [-0.1, -0.05) is 25.7 Å². The summed E-state index contributed by atoms with van der Waals surface area (Å²) < 4.78 is 5.05.